The Bertz CT molecular complexity index is 449. The van der Waals surface area contributed by atoms with Gasteiger partial charge >= 0.3 is 5.69 Å². The van der Waals surface area contributed by atoms with E-state index in [0.29, 0.717) is 22.4 Å². The van der Waals surface area contributed by atoms with Crippen LogP contribution in [0.2, 0.25) is 0 Å². The fourth-order valence-corrected chi connectivity index (χ4v) is 2.16. The third-order valence-corrected chi connectivity index (χ3v) is 3.19. The molecule has 0 saturated carbocycles. The Hall–Kier alpha value is -1.14. The van der Waals surface area contributed by atoms with Crippen molar-refractivity contribution in [3.63, 3.8) is 0 Å². The quantitative estimate of drug-likeness (QED) is 0.642. The highest BCUT2D eigenvalue weighted by molar-refractivity contribution is 9.10. The van der Waals surface area contributed by atoms with Crippen LogP contribution in [0.25, 0.3) is 0 Å². The third-order valence-electron chi connectivity index (χ3n) is 2.74. The number of rotatable bonds is 5. The van der Waals surface area contributed by atoms with Gasteiger partial charge in [-0.05, 0) is 24.8 Å². The molecule has 0 saturated heterocycles. The average molecular weight is 317 g/mol. The standard InChI is InChI=1S/C12H17BrN2O3/c1-7(2)3-4-10(14)9-5-8(13)6-11(12(9)16)15(17)18/h5-7,10,16H,3-4,14H2,1-2H3/t10-/m1/s1. The summed E-state index contributed by atoms with van der Waals surface area (Å²) < 4.78 is 0.544. The first-order valence-corrected chi connectivity index (χ1v) is 6.54. The van der Waals surface area contributed by atoms with Gasteiger partial charge in [-0.2, -0.15) is 0 Å². The van der Waals surface area contributed by atoms with Crippen LogP contribution in [0.15, 0.2) is 16.6 Å². The van der Waals surface area contributed by atoms with E-state index in [1.54, 1.807) is 6.07 Å². The monoisotopic (exact) mass is 316 g/mol. The lowest BCUT2D eigenvalue weighted by molar-refractivity contribution is -0.386. The maximum absolute atomic E-state index is 10.8. The van der Waals surface area contributed by atoms with Crippen LogP contribution in [0.3, 0.4) is 0 Å². The molecule has 1 aromatic rings. The Kier molecular flexibility index (Phi) is 5.10. The molecule has 0 radical (unpaired) electrons. The number of phenols is 1. The van der Waals surface area contributed by atoms with Gasteiger partial charge < -0.3 is 10.8 Å². The topological polar surface area (TPSA) is 89.4 Å². The minimum atomic E-state index is -0.612. The number of hydrogen-bond donors (Lipinski definition) is 2. The van der Waals surface area contributed by atoms with Crippen molar-refractivity contribution in [1.29, 1.82) is 0 Å². The summed E-state index contributed by atoms with van der Waals surface area (Å²) in [5.74, 6) is 0.166. The molecule has 1 rings (SSSR count). The fraction of sp³-hybridized carbons (Fsp3) is 0.500. The van der Waals surface area contributed by atoms with E-state index in [9.17, 15) is 15.2 Å². The normalized spacial score (nSPS) is 12.7. The summed E-state index contributed by atoms with van der Waals surface area (Å²) >= 11 is 3.19. The second-order valence-corrected chi connectivity index (χ2v) is 5.61. The average Bonchev–Trinajstić information content (AvgIpc) is 2.28. The van der Waals surface area contributed by atoms with Gasteiger partial charge in [-0.25, -0.2) is 0 Å². The first-order chi connectivity index (χ1) is 8.32. The highest BCUT2D eigenvalue weighted by Crippen LogP contribution is 2.37. The van der Waals surface area contributed by atoms with Crippen molar-refractivity contribution in [1.82, 2.24) is 0 Å². The maximum atomic E-state index is 10.8. The van der Waals surface area contributed by atoms with Crippen molar-refractivity contribution in [3.05, 3.63) is 32.3 Å². The summed E-state index contributed by atoms with van der Waals surface area (Å²) in [6.45, 7) is 4.16. The number of aromatic hydroxyl groups is 1. The van der Waals surface area contributed by atoms with Gasteiger partial charge in [0, 0.05) is 22.1 Å². The largest absolute Gasteiger partial charge is 0.502 e. The number of nitrogens with two attached hydrogens (primary N) is 1. The van der Waals surface area contributed by atoms with E-state index in [0.717, 1.165) is 6.42 Å². The van der Waals surface area contributed by atoms with Gasteiger partial charge in [-0.1, -0.05) is 29.8 Å². The van der Waals surface area contributed by atoms with Gasteiger partial charge in [0.1, 0.15) is 0 Å². The Morgan fingerprint density at radius 1 is 1.44 bits per heavy atom. The van der Waals surface area contributed by atoms with Gasteiger partial charge in [0.05, 0.1) is 4.92 Å². The van der Waals surface area contributed by atoms with E-state index in [2.05, 4.69) is 29.8 Å². The molecular formula is C12H17BrN2O3. The van der Waals surface area contributed by atoms with E-state index >= 15 is 0 Å². The first kappa shape index (κ1) is 14.9. The van der Waals surface area contributed by atoms with E-state index in [1.165, 1.54) is 6.07 Å². The van der Waals surface area contributed by atoms with E-state index in [4.69, 9.17) is 5.73 Å². The molecule has 0 spiro atoms. The Labute approximate surface area is 114 Å². The summed E-state index contributed by atoms with van der Waals surface area (Å²) in [6.07, 6.45) is 1.58. The van der Waals surface area contributed by atoms with Crippen LogP contribution in [0.4, 0.5) is 5.69 Å². The van der Waals surface area contributed by atoms with Gasteiger partial charge in [-0.3, -0.25) is 10.1 Å². The molecule has 3 N–H and O–H groups in total. The van der Waals surface area contributed by atoms with Crippen molar-refractivity contribution >= 4 is 21.6 Å². The van der Waals surface area contributed by atoms with Gasteiger partial charge in [0.25, 0.3) is 0 Å². The van der Waals surface area contributed by atoms with Crippen molar-refractivity contribution < 1.29 is 10.0 Å². The zero-order valence-electron chi connectivity index (χ0n) is 10.4. The zero-order chi connectivity index (χ0) is 13.9. The lowest BCUT2D eigenvalue weighted by Crippen LogP contribution is -2.12. The summed E-state index contributed by atoms with van der Waals surface area (Å²) in [5.41, 5.74) is 6.07. The molecule has 18 heavy (non-hydrogen) atoms. The molecule has 0 amide bonds. The molecule has 0 fully saturated rings. The molecule has 0 aliphatic carbocycles. The number of nitro groups is 1. The summed E-state index contributed by atoms with van der Waals surface area (Å²) in [4.78, 5) is 10.2. The minimum Gasteiger partial charge on any atom is -0.502 e. The zero-order valence-corrected chi connectivity index (χ0v) is 12.0. The Morgan fingerprint density at radius 2 is 2.06 bits per heavy atom. The predicted molar refractivity (Wildman–Crippen MR) is 73.5 cm³/mol. The van der Waals surface area contributed by atoms with Gasteiger partial charge in [0.15, 0.2) is 5.75 Å². The molecule has 0 aliphatic heterocycles. The molecule has 0 heterocycles. The van der Waals surface area contributed by atoms with Crippen molar-refractivity contribution in [3.8, 4) is 5.75 Å². The van der Waals surface area contributed by atoms with Crippen molar-refractivity contribution in [2.24, 2.45) is 11.7 Å². The molecule has 5 nitrogen and oxygen atoms in total. The van der Waals surface area contributed by atoms with Crippen molar-refractivity contribution in [2.45, 2.75) is 32.7 Å². The number of hydrogen-bond acceptors (Lipinski definition) is 4. The number of benzene rings is 1. The van der Waals surface area contributed by atoms with Crippen LogP contribution in [-0.4, -0.2) is 10.0 Å². The molecule has 1 atom stereocenters. The van der Waals surface area contributed by atoms with Crippen LogP contribution in [0.5, 0.6) is 5.75 Å². The number of nitro benzene ring substituents is 1. The SMILES string of the molecule is CC(C)CC[C@@H](N)c1cc(Br)cc([N+](=O)[O-])c1O. The first-order valence-electron chi connectivity index (χ1n) is 5.75. The lowest BCUT2D eigenvalue weighted by atomic mass is 9.97. The highest BCUT2D eigenvalue weighted by atomic mass is 79.9. The summed E-state index contributed by atoms with van der Waals surface area (Å²) in [7, 11) is 0. The second-order valence-electron chi connectivity index (χ2n) is 4.70. The van der Waals surface area contributed by atoms with Crippen LogP contribution in [0, 0.1) is 16.0 Å². The smallest absolute Gasteiger partial charge is 0.312 e. The van der Waals surface area contributed by atoms with E-state index < -0.39 is 11.0 Å². The Morgan fingerprint density at radius 3 is 2.56 bits per heavy atom. The van der Waals surface area contributed by atoms with Crippen LogP contribution >= 0.6 is 15.9 Å². The molecule has 0 unspecified atom stereocenters. The number of phenolic OH excluding ortho intramolecular Hbond substituents is 1. The number of nitrogens with zero attached hydrogens (tertiary/aromatic N) is 1. The van der Waals surface area contributed by atoms with Crippen LogP contribution in [0.1, 0.15) is 38.3 Å². The molecule has 0 aliphatic rings. The molecule has 6 heteroatoms. The lowest BCUT2D eigenvalue weighted by Gasteiger charge is -2.15. The molecular weight excluding hydrogens is 300 g/mol. The number of halogens is 1. The molecule has 0 aromatic heterocycles. The van der Waals surface area contributed by atoms with E-state index in [1.807, 2.05) is 0 Å². The van der Waals surface area contributed by atoms with Crippen molar-refractivity contribution in [2.75, 3.05) is 0 Å². The Balaban J connectivity index is 3.04. The molecule has 1 aromatic carbocycles. The van der Waals surface area contributed by atoms with E-state index in [-0.39, 0.29) is 11.4 Å². The van der Waals surface area contributed by atoms with Crippen LogP contribution < -0.4 is 5.73 Å². The third kappa shape index (κ3) is 3.68. The summed E-state index contributed by atoms with van der Waals surface area (Å²) in [6, 6.07) is 2.50. The van der Waals surface area contributed by atoms with Gasteiger partial charge in [0.2, 0.25) is 0 Å². The molecule has 0 bridgehead atoms. The second kappa shape index (κ2) is 6.15. The summed E-state index contributed by atoms with van der Waals surface area (Å²) in [5, 5.41) is 20.7. The molecule has 100 valence electrons. The van der Waals surface area contributed by atoms with Gasteiger partial charge in [-0.15, -0.1) is 0 Å². The predicted octanol–water partition coefficient (Wildman–Crippen LogP) is 3.50. The minimum absolute atomic E-state index is 0.320. The van der Waals surface area contributed by atoms with Crippen LogP contribution in [-0.2, 0) is 0 Å². The maximum Gasteiger partial charge on any atom is 0.312 e. The fourth-order valence-electron chi connectivity index (χ4n) is 1.70. The highest BCUT2D eigenvalue weighted by Gasteiger charge is 2.22.